The molecule has 0 bridgehead atoms. The first-order valence-electron chi connectivity index (χ1n) is 23.3. The van der Waals surface area contributed by atoms with Crippen LogP contribution in [0.4, 0.5) is 0 Å². The molecule has 1 aliphatic carbocycles. The summed E-state index contributed by atoms with van der Waals surface area (Å²) in [5.41, 5.74) is 0. The molecule has 0 radical (unpaired) electrons. The first-order valence-corrected chi connectivity index (χ1v) is 26.4. The molecule has 1 rings (SSSR count). The van der Waals surface area contributed by atoms with E-state index >= 15 is 0 Å². The van der Waals surface area contributed by atoms with Crippen molar-refractivity contribution in [3.63, 3.8) is 0 Å². The molecule has 65 heavy (non-hydrogen) atoms. The number of hydrogen-bond acceptors (Lipinski definition) is 15. The number of hydrogen-bond donors (Lipinski definition) is 9. The Labute approximate surface area is 385 Å². The van der Waals surface area contributed by atoms with Crippen LogP contribution in [-0.4, -0.2) is 125 Å². The van der Waals surface area contributed by atoms with Crippen LogP contribution in [0, 0.1) is 0 Å². The second-order valence-corrected chi connectivity index (χ2v) is 19.0. The van der Waals surface area contributed by atoms with Gasteiger partial charge in [0.25, 0.3) is 0 Å². The summed E-state index contributed by atoms with van der Waals surface area (Å²) in [6.45, 7) is 2.79. The zero-order valence-corrected chi connectivity index (χ0v) is 40.2. The van der Waals surface area contributed by atoms with E-state index in [1.807, 2.05) is 12.2 Å². The van der Waals surface area contributed by atoms with Gasteiger partial charge in [-0.25, -0.2) is 9.13 Å². The number of esters is 2. The zero-order valence-electron chi connectivity index (χ0n) is 38.4. The average molecular weight is 971 g/mol. The first kappa shape index (κ1) is 60.9. The van der Waals surface area contributed by atoms with Gasteiger partial charge in [-0.05, 0) is 77.0 Å². The van der Waals surface area contributed by atoms with Crippen LogP contribution in [0.25, 0.3) is 0 Å². The third-order valence-electron chi connectivity index (χ3n) is 10.6. The maximum Gasteiger partial charge on any atom is 0.472 e. The molecule has 7 unspecified atom stereocenters. The average Bonchev–Trinajstić information content (AvgIpc) is 3.25. The Kier molecular flexibility index (Phi) is 33.7. The lowest BCUT2D eigenvalue weighted by molar-refractivity contribution is -0.216. The number of unbranched alkanes of at least 4 members (excludes halogenated alkanes) is 12. The van der Waals surface area contributed by atoms with Crippen LogP contribution in [0.1, 0.15) is 155 Å². The van der Waals surface area contributed by atoms with Gasteiger partial charge in [0.15, 0.2) is 6.10 Å². The van der Waals surface area contributed by atoms with Crippen molar-refractivity contribution in [2.75, 3.05) is 13.2 Å². The molecule has 9 N–H and O–H groups in total. The highest BCUT2D eigenvalue weighted by Crippen LogP contribution is 2.49. The Hall–Kier alpha value is -2.12. The van der Waals surface area contributed by atoms with Gasteiger partial charge in [-0.2, -0.15) is 0 Å². The van der Waals surface area contributed by atoms with E-state index in [1.54, 1.807) is 6.08 Å². The lowest BCUT2D eigenvalue weighted by atomic mass is 9.85. The summed E-state index contributed by atoms with van der Waals surface area (Å²) in [5.74, 6) is -1.50. The van der Waals surface area contributed by atoms with Gasteiger partial charge in [-0.1, -0.05) is 114 Å². The minimum atomic E-state index is -5.39. The van der Waals surface area contributed by atoms with Gasteiger partial charge >= 0.3 is 27.6 Å². The fourth-order valence-corrected chi connectivity index (χ4v) is 8.31. The van der Waals surface area contributed by atoms with Crippen molar-refractivity contribution in [3.05, 3.63) is 48.6 Å². The number of carbonyl (C=O) groups is 2. The number of ether oxygens (including phenoxy) is 2. The second-order valence-electron chi connectivity index (χ2n) is 16.4. The highest BCUT2D eigenvalue weighted by atomic mass is 31.2. The van der Waals surface area contributed by atoms with Crippen LogP contribution in [0.3, 0.4) is 0 Å². The van der Waals surface area contributed by atoms with E-state index in [0.717, 1.165) is 51.4 Å². The first-order chi connectivity index (χ1) is 30.9. The molecule has 0 aromatic rings. The van der Waals surface area contributed by atoms with Crippen molar-refractivity contribution in [2.45, 2.75) is 210 Å². The van der Waals surface area contributed by atoms with Crippen molar-refractivity contribution in [3.8, 4) is 0 Å². The SMILES string of the molecule is CCCCC/C=C\C/C=C\C/C=C\CC(O)C(O)CCCC(=O)OC[C@H](COP(=O)(O)O[C@H]1C(O)C(O)C(O)[C@@H](OP(=O)(O)O)C1O)OC(=O)CCCCCCC/C=C\CCCCCC. The van der Waals surface area contributed by atoms with Crippen molar-refractivity contribution in [1.29, 1.82) is 0 Å². The molecule has 1 aliphatic rings. The lowest BCUT2D eigenvalue weighted by Crippen LogP contribution is -2.64. The summed E-state index contributed by atoms with van der Waals surface area (Å²) >= 11 is 0. The minimum Gasteiger partial charge on any atom is -0.462 e. The van der Waals surface area contributed by atoms with Crippen molar-refractivity contribution < 1.29 is 87.1 Å². The molecule has 0 saturated heterocycles. The summed E-state index contributed by atoms with van der Waals surface area (Å²) in [5, 5.41) is 62.0. The molecule has 0 aromatic heterocycles. The van der Waals surface area contributed by atoms with Crippen molar-refractivity contribution >= 4 is 27.6 Å². The Morgan fingerprint density at radius 1 is 0.554 bits per heavy atom. The Bertz CT molecular complexity index is 1480. The number of aliphatic hydroxyl groups is 6. The molecule has 1 fully saturated rings. The van der Waals surface area contributed by atoms with Crippen LogP contribution in [0.5, 0.6) is 0 Å². The fraction of sp³-hybridized carbons (Fsp3) is 0.778. The standard InChI is InChI=1S/C45H80O18P2/c1-3-5-7-9-11-13-15-17-19-21-23-25-27-31-39(49)61-35(34-60-65(57,58)63-45-42(52)40(50)41(51)44(43(45)53)62-64(54,55)56)33-59-38(48)32-28-30-37(47)36(46)29-26-24-22-20-18-16-14-12-10-8-6-4-2/h12-15,18,20,24,26,35-37,40-47,50-53H,3-11,16-17,19,21-23,25,27-34H2,1-2H3,(H,57,58)(H2,54,55,56)/b14-12-,15-13-,20-18-,26-24-/t35-,36?,37?,40?,41?,42?,43?,44-,45+/m1/s1. The predicted octanol–water partition coefficient (Wildman–Crippen LogP) is 6.45. The zero-order chi connectivity index (χ0) is 48.5. The Morgan fingerprint density at radius 3 is 1.66 bits per heavy atom. The molecule has 20 heteroatoms. The summed E-state index contributed by atoms with van der Waals surface area (Å²) in [7, 11) is -10.8. The Balaban J connectivity index is 2.71. The monoisotopic (exact) mass is 970 g/mol. The van der Waals surface area contributed by atoms with Gasteiger partial charge in [-0.3, -0.25) is 23.2 Å². The maximum absolute atomic E-state index is 13.0. The highest BCUT2D eigenvalue weighted by Gasteiger charge is 2.54. The highest BCUT2D eigenvalue weighted by molar-refractivity contribution is 7.47. The lowest BCUT2D eigenvalue weighted by Gasteiger charge is -2.43. The van der Waals surface area contributed by atoms with Crippen molar-refractivity contribution in [1.82, 2.24) is 0 Å². The molecule has 1 saturated carbocycles. The molecule has 0 aliphatic heterocycles. The van der Waals surface area contributed by atoms with E-state index < -0.39 is 95.7 Å². The minimum absolute atomic E-state index is 0.0278. The number of phosphoric ester groups is 2. The molecule has 378 valence electrons. The number of rotatable bonds is 38. The third kappa shape index (κ3) is 30.1. The molecular formula is C45H80O18P2. The summed E-state index contributed by atoms with van der Waals surface area (Å²) < 4.78 is 49.1. The number of allylic oxidation sites excluding steroid dienone is 7. The van der Waals surface area contributed by atoms with E-state index in [-0.39, 0.29) is 32.1 Å². The van der Waals surface area contributed by atoms with Gasteiger partial charge < -0.3 is 54.8 Å². The van der Waals surface area contributed by atoms with Crippen LogP contribution in [0.15, 0.2) is 48.6 Å². The van der Waals surface area contributed by atoms with E-state index in [1.165, 1.54) is 44.9 Å². The van der Waals surface area contributed by atoms with Crippen LogP contribution in [-0.2, 0) is 41.8 Å². The largest absolute Gasteiger partial charge is 0.472 e. The van der Waals surface area contributed by atoms with Crippen molar-refractivity contribution in [2.24, 2.45) is 0 Å². The normalized spacial score (nSPS) is 23.1. The number of phosphoric acid groups is 2. The van der Waals surface area contributed by atoms with E-state index in [0.29, 0.717) is 12.8 Å². The van der Waals surface area contributed by atoms with Gasteiger partial charge in [0.1, 0.15) is 43.2 Å². The number of carbonyl (C=O) groups excluding carboxylic acids is 2. The van der Waals surface area contributed by atoms with Gasteiger partial charge in [-0.15, -0.1) is 0 Å². The third-order valence-corrected chi connectivity index (χ3v) is 12.1. The number of aliphatic hydroxyl groups excluding tert-OH is 6. The van der Waals surface area contributed by atoms with E-state index in [9.17, 15) is 54.3 Å². The summed E-state index contributed by atoms with van der Waals surface area (Å²) in [4.78, 5) is 54.3. The molecule has 0 heterocycles. The molecule has 18 nitrogen and oxygen atoms in total. The molecular weight excluding hydrogens is 890 g/mol. The van der Waals surface area contributed by atoms with Crippen LogP contribution >= 0.6 is 15.6 Å². The molecule has 0 amide bonds. The fourth-order valence-electron chi connectivity index (χ4n) is 6.77. The molecule has 0 aromatic carbocycles. The van der Waals surface area contributed by atoms with E-state index in [2.05, 4.69) is 48.8 Å². The van der Waals surface area contributed by atoms with Gasteiger partial charge in [0.2, 0.25) is 0 Å². The maximum atomic E-state index is 13.0. The Morgan fingerprint density at radius 2 is 1.05 bits per heavy atom. The topological polar surface area (TPSA) is 296 Å². The molecule has 10 atom stereocenters. The van der Waals surface area contributed by atoms with Gasteiger partial charge in [0.05, 0.1) is 18.8 Å². The van der Waals surface area contributed by atoms with Gasteiger partial charge in [0, 0.05) is 12.8 Å². The summed E-state index contributed by atoms with van der Waals surface area (Å²) in [6.07, 6.45) is 16.6. The predicted molar refractivity (Wildman–Crippen MR) is 244 cm³/mol. The van der Waals surface area contributed by atoms with Crippen LogP contribution in [0.2, 0.25) is 0 Å². The van der Waals surface area contributed by atoms with Crippen LogP contribution < -0.4 is 0 Å². The summed E-state index contributed by atoms with van der Waals surface area (Å²) in [6, 6.07) is 0. The quantitative estimate of drug-likeness (QED) is 0.0139. The smallest absolute Gasteiger partial charge is 0.462 e. The van der Waals surface area contributed by atoms with E-state index in [4.69, 9.17) is 28.3 Å². The second kappa shape index (κ2) is 35.9. The molecule has 0 spiro atoms.